The minimum Gasteiger partial charge on any atom is -0.0628 e. The van der Waals surface area contributed by atoms with Crippen LogP contribution in [0.2, 0.25) is 0 Å². The van der Waals surface area contributed by atoms with E-state index in [-0.39, 0.29) is 0 Å². The zero-order valence-corrected chi connectivity index (χ0v) is 14.1. The van der Waals surface area contributed by atoms with Gasteiger partial charge in [0, 0.05) is 0 Å². The van der Waals surface area contributed by atoms with Gasteiger partial charge in [-0.05, 0) is 29.6 Å². The maximum atomic E-state index is 2.46. The van der Waals surface area contributed by atoms with E-state index in [0.29, 0.717) is 0 Å². The number of unbranched alkanes of at least 4 members (excludes halogenated alkanes) is 3. The molecule has 0 aliphatic carbocycles. The van der Waals surface area contributed by atoms with Gasteiger partial charge in [-0.2, -0.15) is 0 Å². The predicted octanol–water partition coefficient (Wildman–Crippen LogP) is 6.55. The van der Waals surface area contributed by atoms with Gasteiger partial charge < -0.3 is 0 Å². The Morgan fingerprint density at radius 3 is 1.50 bits per heavy atom. The smallest absolute Gasteiger partial charge is 0.0389 e. The SMILES string of the molecule is CC(C)CCCCCCC(C)C(C)C(C)C(C)C. The van der Waals surface area contributed by atoms with Crippen molar-refractivity contribution in [2.75, 3.05) is 0 Å². The van der Waals surface area contributed by atoms with Crippen LogP contribution < -0.4 is 0 Å². The Kier molecular flexibility index (Phi) is 9.87. The van der Waals surface area contributed by atoms with Gasteiger partial charge in [0.25, 0.3) is 0 Å². The molecular formula is C18H38. The third kappa shape index (κ3) is 8.16. The summed E-state index contributed by atoms with van der Waals surface area (Å²) in [6, 6.07) is 0. The van der Waals surface area contributed by atoms with E-state index in [1.807, 2.05) is 0 Å². The summed E-state index contributed by atoms with van der Waals surface area (Å²) in [5, 5.41) is 0. The average Bonchev–Trinajstić information content (AvgIpc) is 2.30. The van der Waals surface area contributed by atoms with Crippen LogP contribution in [0.4, 0.5) is 0 Å². The highest BCUT2D eigenvalue weighted by atomic mass is 14.3. The summed E-state index contributed by atoms with van der Waals surface area (Å²) in [6.45, 7) is 16.7. The molecule has 0 N–H and O–H groups in total. The molecule has 0 bridgehead atoms. The lowest BCUT2D eigenvalue weighted by Crippen LogP contribution is -2.20. The summed E-state index contributed by atoms with van der Waals surface area (Å²) in [5.41, 5.74) is 0. The van der Waals surface area contributed by atoms with Crippen molar-refractivity contribution in [1.29, 1.82) is 0 Å². The van der Waals surface area contributed by atoms with Crippen LogP contribution in [0.5, 0.6) is 0 Å². The molecule has 0 saturated carbocycles. The molecule has 0 aromatic heterocycles. The molecule has 110 valence electrons. The van der Waals surface area contributed by atoms with Gasteiger partial charge in [0.2, 0.25) is 0 Å². The largest absolute Gasteiger partial charge is 0.0628 e. The van der Waals surface area contributed by atoms with Crippen LogP contribution in [0.1, 0.15) is 87.0 Å². The van der Waals surface area contributed by atoms with Crippen LogP contribution in [0.15, 0.2) is 0 Å². The lowest BCUT2D eigenvalue weighted by Gasteiger charge is -2.29. The van der Waals surface area contributed by atoms with E-state index >= 15 is 0 Å². The van der Waals surface area contributed by atoms with Gasteiger partial charge in [-0.3, -0.25) is 0 Å². The molecule has 0 aromatic carbocycles. The molecule has 0 heteroatoms. The van der Waals surface area contributed by atoms with E-state index in [1.165, 1.54) is 38.5 Å². The first kappa shape index (κ1) is 18.0. The first-order valence-corrected chi connectivity index (χ1v) is 8.36. The minimum absolute atomic E-state index is 0.827. The molecule has 3 atom stereocenters. The quantitative estimate of drug-likeness (QED) is 0.388. The van der Waals surface area contributed by atoms with Crippen molar-refractivity contribution in [1.82, 2.24) is 0 Å². The van der Waals surface area contributed by atoms with Crippen LogP contribution in [-0.2, 0) is 0 Å². The Balaban J connectivity index is 3.61. The lowest BCUT2D eigenvalue weighted by molar-refractivity contribution is 0.211. The zero-order chi connectivity index (χ0) is 14.1. The van der Waals surface area contributed by atoms with Gasteiger partial charge in [0.05, 0.1) is 0 Å². The Morgan fingerprint density at radius 2 is 1.06 bits per heavy atom. The van der Waals surface area contributed by atoms with Crippen LogP contribution in [-0.4, -0.2) is 0 Å². The monoisotopic (exact) mass is 254 g/mol. The van der Waals surface area contributed by atoms with Crippen LogP contribution >= 0.6 is 0 Å². The Labute approximate surface area is 117 Å². The molecule has 18 heavy (non-hydrogen) atoms. The third-order valence-corrected chi connectivity index (χ3v) is 4.97. The second kappa shape index (κ2) is 9.87. The maximum Gasteiger partial charge on any atom is -0.0389 e. The highest BCUT2D eigenvalue weighted by Gasteiger charge is 2.20. The summed E-state index contributed by atoms with van der Waals surface area (Å²) in [6.07, 6.45) is 8.60. The fraction of sp³-hybridized carbons (Fsp3) is 1.00. The molecule has 0 radical (unpaired) electrons. The van der Waals surface area contributed by atoms with E-state index in [1.54, 1.807) is 0 Å². The molecule has 0 amide bonds. The van der Waals surface area contributed by atoms with Crippen molar-refractivity contribution in [3.05, 3.63) is 0 Å². The van der Waals surface area contributed by atoms with Gasteiger partial charge in [-0.1, -0.05) is 87.0 Å². The fourth-order valence-electron chi connectivity index (χ4n) is 2.76. The topological polar surface area (TPSA) is 0 Å². The molecule has 0 spiro atoms. The summed E-state index contributed by atoms with van der Waals surface area (Å²) in [4.78, 5) is 0. The second-order valence-corrected chi connectivity index (χ2v) is 7.32. The summed E-state index contributed by atoms with van der Waals surface area (Å²) < 4.78 is 0. The molecule has 0 aliphatic rings. The molecule has 0 aromatic rings. The normalized spacial score (nSPS) is 17.2. The summed E-state index contributed by atoms with van der Waals surface area (Å²) in [7, 11) is 0. The molecular weight excluding hydrogens is 216 g/mol. The highest BCUT2D eigenvalue weighted by Crippen LogP contribution is 2.29. The Hall–Kier alpha value is 0. The molecule has 0 saturated heterocycles. The molecule has 0 fully saturated rings. The van der Waals surface area contributed by atoms with Crippen molar-refractivity contribution >= 4 is 0 Å². The standard InChI is InChI=1S/C18H38/c1-14(2)12-10-8-9-11-13-16(5)18(7)17(6)15(3)4/h14-18H,8-13H2,1-7H3. The molecule has 0 aliphatic heterocycles. The van der Waals surface area contributed by atoms with Crippen LogP contribution in [0.25, 0.3) is 0 Å². The molecule has 0 rings (SSSR count). The van der Waals surface area contributed by atoms with E-state index < -0.39 is 0 Å². The van der Waals surface area contributed by atoms with E-state index in [4.69, 9.17) is 0 Å². The zero-order valence-electron chi connectivity index (χ0n) is 14.1. The van der Waals surface area contributed by atoms with Crippen molar-refractivity contribution in [3.8, 4) is 0 Å². The van der Waals surface area contributed by atoms with Gasteiger partial charge >= 0.3 is 0 Å². The predicted molar refractivity (Wildman–Crippen MR) is 84.9 cm³/mol. The Morgan fingerprint density at radius 1 is 0.556 bits per heavy atom. The summed E-state index contributed by atoms with van der Waals surface area (Å²) >= 11 is 0. The fourth-order valence-corrected chi connectivity index (χ4v) is 2.76. The van der Waals surface area contributed by atoms with Crippen LogP contribution in [0, 0.1) is 29.6 Å². The number of rotatable bonds is 10. The van der Waals surface area contributed by atoms with Crippen molar-refractivity contribution in [3.63, 3.8) is 0 Å². The van der Waals surface area contributed by atoms with Gasteiger partial charge in [0.1, 0.15) is 0 Å². The van der Waals surface area contributed by atoms with Crippen molar-refractivity contribution < 1.29 is 0 Å². The Bertz CT molecular complexity index is 180. The molecule has 0 heterocycles. The number of hydrogen-bond donors (Lipinski definition) is 0. The summed E-state index contributed by atoms with van der Waals surface area (Å²) in [5.74, 6) is 4.35. The lowest BCUT2D eigenvalue weighted by atomic mass is 9.77. The first-order valence-electron chi connectivity index (χ1n) is 8.36. The van der Waals surface area contributed by atoms with Crippen molar-refractivity contribution in [2.45, 2.75) is 87.0 Å². The maximum absolute atomic E-state index is 2.46. The second-order valence-electron chi connectivity index (χ2n) is 7.32. The van der Waals surface area contributed by atoms with Gasteiger partial charge in [-0.25, -0.2) is 0 Å². The van der Waals surface area contributed by atoms with Crippen molar-refractivity contribution in [2.24, 2.45) is 29.6 Å². The highest BCUT2D eigenvalue weighted by molar-refractivity contribution is 4.70. The third-order valence-electron chi connectivity index (χ3n) is 4.97. The number of hydrogen-bond acceptors (Lipinski definition) is 0. The minimum atomic E-state index is 0.827. The first-order chi connectivity index (χ1) is 8.36. The van der Waals surface area contributed by atoms with Crippen LogP contribution in [0.3, 0.4) is 0 Å². The molecule has 0 nitrogen and oxygen atoms in total. The molecule has 3 unspecified atom stereocenters. The average molecular weight is 255 g/mol. The van der Waals surface area contributed by atoms with E-state index in [2.05, 4.69) is 48.5 Å². The van der Waals surface area contributed by atoms with Gasteiger partial charge in [0.15, 0.2) is 0 Å². The van der Waals surface area contributed by atoms with E-state index in [0.717, 1.165) is 29.6 Å². The van der Waals surface area contributed by atoms with E-state index in [9.17, 15) is 0 Å². The van der Waals surface area contributed by atoms with Gasteiger partial charge in [-0.15, -0.1) is 0 Å².